The van der Waals surface area contributed by atoms with Gasteiger partial charge in [0.15, 0.2) is 5.78 Å². The standard InChI is InChI=1S/C16H24N2O/c1-10-4-7-16(11(2)8-10)18-13-5-6-14(12(3)19)15(17)9-13/h5-6,9-11,16,18H,4,7-8,17H2,1-3H3. The lowest BCUT2D eigenvalue weighted by Gasteiger charge is -2.34. The summed E-state index contributed by atoms with van der Waals surface area (Å²) in [6, 6.07) is 6.16. The molecule has 3 heteroatoms. The summed E-state index contributed by atoms with van der Waals surface area (Å²) in [7, 11) is 0. The van der Waals surface area contributed by atoms with Gasteiger partial charge in [0.1, 0.15) is 0 Å². The van der Waals surface area contributed by atoms with Gasteiger partial charge in [-0.1, -0.05) is 13.8 Å². The molecule has 0 amide bonds. The van der Waals surface area contributed by atoms with Gasteiger partial charge in [-0.15, -0.1) is 0 Å². The number of benzene rings is 1. The van der Waals surface area contributed by atoms with E-state index in [4.69, 9.17) is 5.73 Å². The maximum absolute atomic E-state index is 11.4. The fraction of sp³-hybridized carbons (Fsp3) is 0.562. The fourth-order valence-electron chi connectivity index (χ4n) is 3.07. The van der Waals surface area contributed by atoms with Crippen LogP contribution in [0.4, 0.5) is 11.4 Å². The molecule has 0 radical (unpaired) electrons. The molecule has 1 aliphatic rings. The Bertz CT molecular complexity index is 470. The van der Waals surface area contributed by atoms with Crippen LogP contribution in [0.1, 0.15) is 50.4 Å². The largest absolute Gasteiger partial charge is 0.398 e. The van der Waals surface area contributed by atoms with E-state index < -0.39 is 0 Å². The van der Waals surface area contributed by atoms with E-state index in [1.54, 1.807) is 6.92 Å². The van der Waals surface area contributed by atoms with Crippen LogP contribution in [-0.2, 0) is 0 Å². The lowest BCUT2D eigenvalue weighted by molar-refractivity contribution is 0.101. The minimum atomic E-state index is 0.0175. The maximum Gasteiger partial charge on any atom is 0.161 e. The van der Waals surface area contributed by atoms with E-state index in [9.17, 15) is 4.79 Å². The monoisotopic (exact) mass is 260 g/mol. The molecule has 1 aromatic carbocycles. The Morgan fingerprint density at radius 3 is 2.63 bits per heavy atom. The van der Waals surface area contributed by atoms with Crippen molar-refractivity contribution in [2.75, 3.05) is 11.1 Å². The Morgan fingerprint density at radius 2 is 2.05 bits per heavy atom. The molecule has 1 fully saturated rings. The number of carbonyl (C=O) groups excluding carboxylic acids is 1. The van der Waals surface area contributed by atoms with Gasteiger partial charge in [0.25, 0.3) is 0 Å². The molecule has 104 valence electrons. The smallest absolute Gasteiger partial charge is 0.161 e. The Balaban J connectivity index is 2.07. The van der Waals surface area contributed by atoms with Gasteiger partial charge >= 0.3 is 0 Å². The highest BCUT2D eigenvalue weighted by atomic mass is 16.1. The summed E-state index contributed by atoms with van der Waals surface area (Å²) < 4.78 is 0. The van der Waals surface area contributed by atoms with E-state index >= 15 is 0 Å². The molecule has 3 N–H and O–H groups in total. The zero-order valence-corrected chi connectivity index (χ0v) is 12.1. The lowest BCUT2D eigenvalue weighted by atomic mass is 9.80. The van der Waals surface area contributed by atoms with Crippen LogP contribution in [0.2, 0.25) is 0 Å². The summed E-state index contributed by atoms with van der Waals surface area (Å²) in [4.78, 5) is 11.4. The highest BCUT2D eigenvalue weighted by molar-refractivity contribution is 5.99. The Kier molecular flexibility index (Phi) is 4.13. The first-order valence-electron chi connectivity index (χ1n) is 7.14. The predicted molar refractivity (Wildman–Crippen MR) is 80.4 cm³/mol. The second-order valence-electron chi connectivity index (χ2n) is 6.00. The highest BCUT2D eigenvalue weighted by Crippen LogP contribution is 2.31. The van der Waals surface area contributed by atoms with Crippen LogP contribution in [0.5, 0.6) is 0 Å². The van der Waals surface area contributed by atoms with Crippen LogP contribution in [0.3, 0.4) is 0 Å². The van der Waals surface area contributed by atoms with Crippen molar-refractivity contribution in [2.24, 2.45) is 11.8 Å². The third-order valence-corrected chi connectivity index (χ3v) is 4.21. The quantitative estimate of drug-likeness (QED) is 0.643. The average Bonchev–Trinajstić information content (AvgIpc) is 2.32. The Morgan fingerprint density at radius 1 is 1.32 bits per heavy atom. The molecule has 0 aliphatic heterocycles. The van der Waals surface area contributed by atoms with Crippen molar-refractivity contribution in [2.45, 2.75) is 46.1 Å². The average molecular weight is 260 g/mol. The molecule has 0 bridgehead atoms. The summed E-state index contributed by atoms with van der Waals surface area (Å²) in [5.41, 5.74) is 8.12. The molecule has 3 unspecified atom stereocenters. The first kappa shape index (κ1) is 13.9. The van der Waals surface area contributed by atoms with Crippen LogP contribution >= 0.6 is 0 Å². The van der Waals surface area contributed by atoms with Crippen LogP contribution in [0, 0.1) is 11.8 Å². The summed E-state index contributed by atoms with van der Waals surface area (Å²) >= 11 is 0. The molecule has 0 spiro atoms. The topological polar surface area (TPSA) is 55.1 Å². The number of hydrogen-bond donors (Lipinski definition) is 2. The molecule has 2 rings (SSSR count). The molecule has 19 heavy (non-hydrogen) atoms. The van der Waals surface area contributed by atoms with Crippen molar-refractivity contribution in [1.82, 2.24) is 0 Å². The SMILES string of the molecule is CC(=O)c1ccc(NC2CCC(C)CC2C)cc1N. The van der Waals surface area contributed by atoms with Gasteiger partial charge in [0.2, 0.25) is 0 Å². The number of nitrogens with two attached hydrogens (primary N) is 1. The molecule has 3 nitrogen and oxygen atoms in total. The van der Waals surface area contributed by atoms with Crippen molar-refractivity contribution < 1.29 is 4.79 Å². The summed E-state index contributed by atoms with van der Waals surface area (Å²) in [5, 5.41) is 3.57. The molecule has 0 heterocycles. The third-order valence-electron chi connectivity index (χ3n) is 4.21. The number of ketones is 1. The first-order valence-corrected chi connectivity index (χ1v) is 7.14. The van der Waals surface area contributed by atoms with Crippen LogP contribution in [0.25, 0.3) is 0 Å². The number of carbonyl (C=O) groups is 1. The van der Waals surface area contributed by atoms with Crippen molar-refractivity contribution in [3.63, 3.8) is 0 Å². The van der Waals surface area contributed by atoms with E-state index in [1.807, 2.05) is 18.2 Å². The molecule has 1 aromatic rings. The Labute approximate surface area is 115 Å². The van der Waals surface area contributed by atoms with Gasteiger partial charge < -0.3 is 11.1 Å². The number of hydrogen-bond acceptors (Lipinski definition) is 3. The lowest BCUT2D eigenvalue weighted by Crippen LogP contribution is -2.33. The maximum atomic E-state index is 11.4. The van der Waals surface area contributed by atoms with Crippen LogP contribution in [0.15, 0.2) is 18.2 Å². The van der Waals surface area contributed by atoms with E-state index in [-0.39, 0.29) is 5.78 Å². The fourth-order valence-corrected chi connectivity index (χ4v) is 3.07. The number of rotatable bonds is 3. The molecular formula is C16H24N2O. The van der Waals surface area contributed by atoms with Gasteiger partial charge in [0.05, 0.1) is 0 Å². The van der Waals surface area contributed by atoms with Gasteiger partial charge in [-0.3, -0.25) is 4.79 Å². The van der Waals surface area contributed by atoms with E-state index in [1.165, 1.54) is 19.3 Å². The molecule has 0 saturated heterocycles. The normalized spacial score (nSPS) is 27.0. The zero-order valence-electron chi connectivity index (χ0n) is 12.1. The van der Waals surface area contributed by atoms with E-state index in [0.717, 1.165) is 11.6 Å². The van der Waals surface area contributed by atoms with Gasteiger partial charge in [0, 0.05) is 23.0 Å². The van der Waals surface area contributed by atoms with Crippen molar-refractivity contribution in [3.05, 3.63) is 23.8 Å². The predicted octanol–water partition coefficient (Wildman–Crippen LogP) is 3.71. The second-order valence-corrected chi connectivity index (χ2v) is 6.00. The van der Waals surface area contributed by atoms with Gasteiger partial charge in [-0.2, -0.15) is 0 Å². The van der Waals surface area contributed by atoms with Crippen molar-refractivity contribution >= 4 is 17.2 Å². The van der Waals surface area contributed by atoms with Crippen molar-refractivity contribution in [3.8, 4) is 0 Å². The molecular weight excluding hydrogens is 236 g/mol. The highest BCUT2D eigenvalue weighted by Gasteiger charge is 2.25. The molecule has 1 saturated carbocycles. The number of nitrogens with one attached hydrogen (secondary N) is 1. The minimum Gasteiger partial charge on any atom is -0.398 e. The number of Topliss-reactive ketones (excluding diaryl/α,β-unsaturated/α-hetero) is 1. The molecule has 3 atom stereocenters. The third kappa shape index (κ3) is 3.28. The zero-order chi connectivity index (χ0) is 14.0. The summed E-state index contributed by atoms with van der Waals surface area (Å²) in [6.45, 7) is 6.18. The van der Waals surface area contributed by atoms with Crippen LogP contribution < -0.4 is 11.1 Å². The molecule has 1 aliphatic carbocycles. The second kappa shape index (κ2) is 5.64. The van der Waals surface area contributed by atoms with Crippen LogP contribution in [-0.4, -0.2) is 11.8 Å². The van der Waals surface area contributed by atoms with Gasteiger partial charge in [-0.05, 0) is 56.2 Å². The first-order chi connectivity index (χ1) is 8.97. The van der Waals surface area contributed by atoms with E-state index in [2.05, 4.69) is 19.2 Å². The van der Waals surface area contributed by atoms with Crippen molar-refractivity contribution in [1.29, 1.82) is 0 Å². The summed E-state index contributed by atoms with van der Waals surface area (Å²) in [5.74, 6) is 1.53. The number of nitrogen functional groups attached to an aromatic ring is 1. The molecule has 0 aromatic heterocycles. The van der Waals surface area contributed by atoms with Gasteiger partial charge in [-0.25, -0.2) is 0 Å². The van der Waals surface area contributed by atoms with E-state index in [0.29, 0.717) is 23.2 Å². The summed E-state index contributed by atoms with van der Waals surface area (Å²) in [6.07, 6.45) is 3.76. The minimum absolute atomic E-state index is 0.0175. The Hall–Kier alpha value is -1.51. The number of anilines is 2.